The Morgan fingerprint density at radius 1 is 1.27 bits per heavy atom. The van der Waals surface area contributed by atoms with Crippen molar-refractivity contribution < 1.29 is 4.43 Å². The molecule has 0 spiro atoms. The summed E-state index contributed by atoms with van der Waals surface area (Å²) in [5, 5.41) is 0. The molecule has 0 N–H and O–H groups in total. The van der Waals surface area contributed by atoms with Gasteiger partial charge in [-0.05, 0) is 31.9 Å². The van der Waals surface area contributed by atoms with Crippen molar-refractivity contribution in [1.29, 1.82) is 0 Å². The van der Waals surface area contributed by atoms with Crippen LogP contribution in [0.5, 0.6) is 0 Å². The van der Waals surface area contributed by atoms with Crippen LogP contribution in [0.25, 0.3) is 0 Å². The molecule has 0 saturated carbocycles. The summed E-state index contributed by atoms with van der Waals surface area (Å²) in [6, 6.07) is 0. The summed E-state index contributed by atoms with van der Waals surface area (Å²) in [6.07, 6.45) is 10.1. The molecule has 0 unspecified atom stereocenters. The monoisotopic (exact) mass is 168 g/mol. The molecule has 11 heavy (non-hydrogen) atoms. The molecule has 0 aromatic carbocycles. The molecule has 1 nitrogen and oxygen atoms in total. The number of rotatable bonds is 2. The van der Waals surface area contributed by atoms with Crippen LogP contribution < -0.4 is 0 Å². The van der Waals surface area contributed by atoms with Crippen LogP contribution in [0, 0.1) is 0 Å². The average molecular weight is 168 g/mol. The van der Waals surface area contributed by atoms with E-state index in [0.717, 1.165) is 0 Å². The molecular weight excluding hydrogens is 152 g/mol. The second kappa shape index (κ2) is 5.41. The van der Waals surface area contributed by atoms with Gasteiger partial charge in [-0.2, -0.15) is 0 Å². The zero-order valence-corrected chi connectivity index (χ0v) is 8.23. The smallest absolute Gasteiger partial charge is 0.306 e. The van der Waals surface area contributed by atoms with Crippen molar-refractivity contribution in [3.05, 3.63) is 11.8 Å². The topological polar surface area (TPSA) is 9.23 Å². The summed E-state index contributed by atoms with van der Waals surface area (Å²) in [5.41, 5.74) is 0. The molecule has 1 rings (SSSR count). The van der Waals surface area contributed by atoms with Crippen molar-refractivity contribution in [3.8, 4) is 0 Å². The van der Waals surface area contributed by atoms with E-state index in [1.54, 1.807) is 0 Å². The van der Waals surface area contributed by atoms with Gasteiger partial charge in [0.05, 0.1) is 5.76 Å². The van der Waals surface area contributed by atoms with Gasteiger partial charge < -0.3 is 4.43 Å². The lowest BCUT2D eigenvalue weighted by Gasteiger charge is -2.11. The highest BCUT2D eigenvalue weighted by molar-refractivity contribution is 6.25. The molecule has 2 radical (unpaired) electrons. The summed E-state index contributed by atoms with van der Waals surface area (Å²) >= 11 is 0. The first-order chi connectivity index (χ1) is 5.43. The molecule has 0 heterocycles. The fourth-order valence-corrected chi connectivity index (χ4v) is 1.83. The van der Waals surface area contributed by atoms with Crippen LogP contribution in [-0.4, -0.2) is 9.76 Å². The average Bonchev–Trinajstić information content (AvgIpc) is 1.94. The predicted molar refractivity (Wildman–Crippen MR) is 48.5 cm³/mol. The molecule has 0 bridgehead atoms. The van der Waals surface area contributed by atoms with Gasteiger partial charge in [0.15, 0.2) is 0 Å². The molecule has 0 aromatic heterocycles. The van der Waals surface area contributed by atoms with Crippen LogP contribution >= 0.6 is 0 Å². The Bertz CT molecular complexity index is 132. The molecule has 0 aromatic rings. The highest BCUT2D eigenvalue weighted by Gasteiger charge is 2.01. The van der Waals surface area contributed by atoms with Gasteiger partial charge >= 0.3 is 9.76 Å². The third-order valence-electron chi connectivity index (χ3n) is 1.98. The van der Waals surface area contributed by atoms with E-state index < -0.39 is 0 Å². The highest BCUT2D eigenvalue weighted by atomic mass is 28.2. The minimum atomic E-state index is 0.615. The molecular formula is C9H16OSi. The van der Waals surface area contributed by atoms with E-state index in [4.69, 9.17) is 4.43 Å². The summed E-state index contributed by atoms with van der Waals surface area (Å²) in [6.45, 7) is 2.08. The Morgan fingerprint density at radius 2 is 2.09 bits per heavy atom. The van der Waals surface area contributed by atoms with E-state index in [2.05, 4.69) is 12.6 Å². The maximum absolute atomic E-state index is 5.51. The minimum Gasteiger partial charge on any atom is -0.544 e. The van der Waals surface area contributed by atoms with Crippen LogP contribution in [0.1, 0.15) is 38.5 Å². The second-order valence-corrected chi connectivity index (χ2v) is 3.54. The van der Waals surface area contributed by atoms with Crippen molar-refractivity contribution >= 4 is 9.76 Å². The van der Waals surface area contributed by atoms with Gasteiger partial charge in [-0.3, -0.25) is 0 Å². The third-order valence-corrected chi connectivity index (χ3v) is 2.45. The zero-order valence-electron chi connectivity index (χ0n) is 7.23. The summed E-state index contributed by atoms with van der Waals surface area (Å²) in [5.74, 6) is 1.24. The third kappa shape index (κ3) is 3.61. The minimum absolute atomic E-state index is 0.615. The maximum atomic E-state index is 5.51. The van der Waals surface area contributed by atoms with E-state index in [1.807, 2.05) is 0 Å². The van der Waals surface area contributed by atoms with Gasteiger partial charge in [-0.1, -0.05) is 12.8 Å². The molecule has 1 aliphatic rings. The fraction of sp³-hybridized carbons (Fsp3) is 0.778. The zero-order chi connectivity index (χ0) is 7.94. The summed E-state index contributed by atoms with van der Waals surface area (Å²) in [7, 11) is 0.615. The molecule has 1 aliphatic carbocycles. The van der Waals surface area contributed by atoms with Gasteiger partial charge in [0.1, 0.15) is 0 Å². The van der Waals surface area contributed by atoms with Crippen molar-refractivity contribution in [2.45, 2.75) is 45.1 Å². The lowest BCUT2D eigenvalue weighted by atomic mass is 10.1. The number of allylic oxidation sites excluding steroid dienone is 2. The molecule has 0 amide bonds. The van der Waals surface area contributed by atoms with Crippen LogP contribution in [0.2, 0.25) is 6.55 Å². The maximum Gasteiger partial charge on any atom is 0.306 e. The molecule has 0 aliphatic heterocycles. The first-order valence-electron chi connectivity index (χ1n) is 4.46. The molecule has 0 saturated heterocycles. The highest BCUT2D eigenvalue weighted by Crippen LogP contribution is 2.17. The van der Waals surface area contributed by atoms with E-state index >= 15 is 0 Å². The standard InChI is InChI=1S/C9H16OSi/c1-11-10-9-7-5-3-2-4-6-8-9/h7H,2-6,8H2,1H3/b9-7+. The fourth-order valence-electron chi connectivity index (χ4n) is 1.39. The summed E-state index contributed by atoms with van der Waals surface area (Å²) in [4.78, 5) is 0. The van der Waals surface area contributed by atoms with E-state index in [1.165, 1.54) is 44.3 Å². The molecule has 0 atom stereocenters. The quantitative estimate of drug-likeness (QED) is 0.576. The first-order valence-corrected chi connectivity index (χ1v) is 5.87. The van der Waals surface area contributed by atoms with Crippen LogP contribution in [-0.2, 0) is 4.43 Å². The Labute approximate surface area is 71.8 Å². The van der Waals surface area contributed by atoms with Crippen LogP contribution in [0.15, 0.2) is 11.8 Å². The Balaban J connectivity index is 2.32. The lowest BCUT2D eigenvalue weighted by molar-refractivity contribution is 0.410. The Morgan fingerprint density at radius 3 is 2.91 bits per heavy atom. The SMILES string of the molecule is C[Si]O/C1=C/CCCCCC1. The Kier molecular flexibility index (Phi) is 4.35. The van der Waals surface area contributed by atoms with Crippen molar-refractivity contribution in [3.63, 3.8) is 0 Å². The van der Waals surface area contributed by atoms with E-state index in [-0.39, 0.29) is 0 Å². The predicted octanol–water partition coefficient (Wildman–Crippen LogP) is 2.91. The van der Waals surface area contributed by atoms with Gasteiger partial charge in [-0.15, -0.1) is 0 Å². The number of hydrogen-bond acceptors (Lipinski definition) is 1. The number of hydrogen-bond donors (Lipinski definition) is 0. The molecule has 0 fully saturated rings. The van der Waals surface area contributed by atoms with Crippen molar-refractivity contribution in [1.82, 2.24) is 0 Å². The van der Waals surface area contributed by atoms with E-state index in [9.17, 15) is 0 Å². The van der Waals surface area contributed by atoms with Crippen molar-refractivity contribution in [2.24, 2.45) is 0 Å². The Hall–Kier alpha value is -0.243. The normalized spacial score (nSPS) is 24.6. The largest absolute Gasteiger partial charge is 0.544 e. The molecule has 2 heteroatoms. The molecule has 62 valence electrons. The summed E-state index contributed by atoms with van der Waals surface area (Å²) < 4.78 is 5.51. The van der Waals surface area contributed by atoms with Gasteiger partial charge in [0.25, 0.3) is 0 Å². The van der Waals surface area contributed by atoms with Gasteiger partial charge in [-0.25, -0.2) is 0 Å². The van der Waals surface area contributed by atoms with Gasteiger partial charge in [0, 0.05) is 6.42 Å². The van der Waals surface area contributed by atoms with Crippen LogP contribution in [0.3, 0.4) is 0 Å². The second-order valence-electron chi connectivity index (χ2n) is 2.93. The van der Waals surface area contributed by atoms with Gasteiger partial charge in [0.2, 0.25) is 0 Å². The van der Waals surface area contributed by atoms with Crippen LogP contribution in [0.4, 0.5) is 0 Å². The van der Waals surface area contributed by atoms with E-state index in [0.29, 0.717) is 9.76 Å². The first kappa shape index (κ1) is 8.85. The lowest BCUT2D eigenvalue weighted by Crippen LogP contribution is -1.97. The van der Waals surface area contributed by atoms with Crippen molar-refractivity contribution in [2.75, 3.05) is 0 Å².